The van der Waals surface area contributed by atoms with Crippen molar-refractivity contribution in [2.45, 2.75) is 6.92 Å². The molecule has 1 aliphatic heterocycles. The number of hydrogen-bond donors (Lipinski definition) is 2. The number of amides is 5. The minimum absolute atomic E-state index is 0.240. The van der Waals surface area contributed by atoms with E-state index in [1.165, 1.54) is 12.1 Å². The van der Waals surface area contributed by atoms with E-state index in [1.807, 2.05) is 0 Å². The first-order valence-corrected chi connectivity index (χ1v) is 8.83. The van der Waals surface area contributed by atoms with Crippen LogP contribution in [0, 0.1) is 6.92 Å². The Morgan fingerprint density at radius 2 is 1.93 bits per heavy atom. The van der Waals surface area contributed by atoms with Crippen LogP contribution in [-0.2, 0) is 14.4 Å². The lowest BCUT2D eigenvalue weighted by Crippen LogP contribution is -2.54. The Morgan fingerprint density at radius 3 is 2.66 bits per heavy atom. The Labute approximate surface area is 170 Å². The van der Waals surface area contributed by atoms with Crippen LogP contribution in [0.1, 0.15) is 11.1 Å². The van der Waals surface area contributed by atoms with Crippen LogP contribution in [0.25, 0.3) is 6.08 Å². The number of nitrogens with zero attached hydrogens (tertiary/aromatic N) is 1. The summed E-state index contributed by atoms with van der Waals surface area (Å²) in [5.41, 5.74) is 6.07. The summed E-state index contributed by atoms with van der Waals surface area (Å²) in [6, 6.07) is 10.3. The fourth-order valence-corrected chi connectivity index (χ4v) is 2.90. The van der Waals surface area contributed by atoms with Gasteiger partial charge in [0.2, 0.25) is 0 Å². The molecular weight excluding hydrogens is 398 g/mol. The molecule has 0 atom stereocenters. The van der Waals surface area contributed by atoms with Gasteiger partial charge in [-0.2, -0.15) is 0 Å². The normalized spacial score (nSPS) is 15.4. The predicted molar refractivity (Wildman–Crippen MR) is 106 cm³/mol. The number of urea groups is 1. The van der Waals surface area contributed by atoms with Crippen molar-refractivity contribution in [2.75, 3.05) is 11.5 Å². The molecule has 0 spiro atoms. The zero-order valence-corrected chi connectivity index (χ0v) is 16.0. The van der Waals surface area contributed by atoms with E-state index in [9.17, 15) is 19.2 Å². The van der Waals surface area contributed by atoms with Gasteiger partial charge in [-0.25, -0.2) is 9.69 Å². The summed E-state index contributed by atoms with van der Waals surface area (Å²) in [5.74, 6) is -1.91. The number of carbonyl (C=O) groups excluding carboxylic acids is 4. The van der Waals surface area contributed by atoms with Gasteiger partial charge < -0.3 is 10.5 Å². The third kappa shape index (κ3) is 4.27. The number of barbiturate groups is 1. The molecule has 3 rings (SSSR count). The van der Waals surface area contributed by atoms with Crippen LogP contribution >= 0.6 is 11.6 Å². The van der Waals surface area contributed by atoms with Gasteiger partial charge >= 0.3 is 6.03 Å². The van der Waals surface area contributed by atoms with Gasteiger partial charge in [0.15, 0.2) is 6.61 Å². The highest BCUT2D eigenvalue weighted by molar-refractivity contribution is 6.39. The lowest BCUT2D eigenvalue weighted by molar-refractivity contribution is -0.123. The van der Waals surface area contributed by atoms with E-state index in [1.54, 1.807) is 43.3 Å². The van der Waals surface area contributed by atoms with Gasteiger partial charge in [0.25, 0.3) is 17.7 Å². The third-order valence-corrected chi connectivity index (χ3v) is 4.54. The van der Waals surface area contributed by atoms with Gasteiger partial charge in [0, 0.05) is 5.02 Å². The highest BCUT2D eigenvalue weighted by atomic mass is 35.5. The van der Waals surface area contributed by atoms with E-state index in [-0.39, 0.29) is 17.9 Å². The number of ether oxygens (including phenoxy) is 1. The van der Waals surface area contributed by atoms with Crippen molar-refractivity contribution in [3.05, 3.63) is 64.2 Å². The molecule has 148 valence electrons. The van der Waals surface area contributed by atoms with Gasteiger partial charge in [-0.05, 0) is 48.4 Å². The van der Waals surface area contributed by atoms with E-state index in [4.69, 9.17) is 22.1 Å². The molecule has 1 aliphatic rings. The number of nitrogens with two attached hydrogens (primary N) is 1. The molecule has 3 N–H and O–H groups in total. The minimum Gasteiger partial charge on any atom is -0.484 e. The fourth-order valence-electron chi connectivity index (χ4n) is 2.73. The molecule has 1 fully saturated rings. The van der Waals surface area contributed by atoms with Crippen LogP contribution in [0.3, 0.4) is 0 Å². The molecule has 29 heavy (non-hydrogen) atoms. The van der Waals surface area contributed by atoms with Crippen LogP contribution in [0.15, 0.2) is 48.0 Å². The number of halogens is 1. The van der Waals surface area contributed by atoms with Gasteiger partial charge in [-0.3, -0.25) is 19.7 Å². The molecule has 8 nitrogen and oxygen atoms in total. The summed E-state index contributed by atoms with van der Waals surface area (Å²) in [7, 11) is 0. The second kappa shape index (κ2) is 8.15. The summed E-state index contributed by atoms with van der Waals surface area (Å²) in [4.78, 5) is 49.3. The first kappa shape index (κ1) is 20.1. The molecule has 0 bridgehead atoms. The first-order chi connectivity index (χ1) is 13.8. The molecule has 1 heterocycles. The Kier molecular flexibility index (Phi) is 5.65. The van der Waals surface area contributed by atoms with E-state index in [0.717, 1.165) is 4.90 Å². The number of benzene rings is 2. The molecule has 0 saturated carbocycles. The molecule has 0 aromatic heterocycles. The van der Waals surface area contributed by atoms with Gasteiger partial charge in [-0.15, -0.1) is 0 Å². The topological polar surface area (TPSA) is 119 Å². The molecule has 5 amide bonds. The average Bonchev–Trinajstić information content (AvgIpc) is 2.67. The number of primary amides is 1. The molecule has 9 heteroatoms. The number of nitrogens with one attached hydrogen (secondary N) is 1. The molecule has 2 aromatic rings. The summed E-state index contributed by atoms with van der Waals surface area (Å²) in [5, 5.41) is 2.53. The van der Waals surface area contributed by atoms with Crippen LogP contribution in [0.2, 0.25) is 5.02 Å². The molecule has 2 aromatic carbocycles. The van der Waals surface area contributed by atoms with Gasteiger partial charge in [0.05, 0.1) is 5.69 Å². The highest BCUT2D eigenvalue weighted by Gasteiger charge is 2.37. The van der Waals surface area contributed by atoms with Crippen molar-refractivity contribution >= 4 is 47.1 Å². The Hall–Kier alpha value is -3.65. The van der Waals surface area contributed by atoms with Crippen molar-refractivity contribution in [1.29, 1.82) is 0 Å². The van der Waals surface area contributed by atoms with Crippen molar-refractivity contribution in [3.8, 4) is 5.75 Å². The minimum atomic E-state index is -0.860. The third-order valence-electron chi connectivity index (χ3n) is 4.13. The maximum absolute atomic E-state index is 13.0. The SMILES string of the molecule is Cc1c(Cl)cccc1N1C(=O)NC(=O)/C(=C/c2cccc(OCC(N)=O)c2)C1=O. The first-order valence-electron chi connectivity index (χ1n) is 8.45. The Morgan fingerprint density at radius 1 is 1.21 bits per heavy atom. The smallest absolute Gasteiger partial charge is 0.335 e. The van der Waals surface area contributed by atoms with E-state index < -0.39 is 23.8 Å². The molecule has 0 unspecified atom stereocenters. The van der Waals surface area contributed by atoms with Crippen LogP contribution in [0.4, 0.5) is 10.5 Å². The maximum atomic E-state index is 13.0. The maximum Gasteiger partial charge on any atom is 0.335 e. The van der Waals surface area contributed by atoms with Crippen LogP contribution < -0.4 is 20.7 Å². The summed E-state index contributed by atoms with van der Waals surface area (Å²) in [6.45, 7) is 1.35. The Bertz CT molecular complexity index is 1060. The lowest BCUT2D eigenvalue weighted by Gasteiger charge is -2.27. The Balaban J connectivity index is 1.97. The second-order valence-corrected chi connectivity index (χ2v) is 6.58. The van der Waals surface area contributed by atoms with Crippen LogP contribution in [-0.4, -0.2) is 30.4 Å². The summed E-state index contributed by atoms with van der Waals surface area (Å²) < 4.78 is 5.22. The van der Waals surface area contributed by atoms with Crippen molar-refractivity contribution in [1.82, 2.24) is 5.32 Å². The average molecular weight is 414 g/mol. The molecular formula is C20H16ClN3O5. The monoisotopic (exact) mass is 413 g/mol. The molecule has 1 saturated heterocycles. The largest absolute Gasteiger partial charge is 0.484 e. The van der Waals surface area contributed by atoms with Crippen molar-refractivity contribution in [2.24, 2.45) is 5.73 Å². The van der Waals surface area contributed by atoms with Gasteiger partial charge in [0.1, 0.15) is 11.3 Å². The van der Waals surface area contributed by atoms with Crippen molar-refractivity contribution in [3.63, 3.8) is 0 Å². The number of rotatable bonds is 5. The number of anilines is 1. The standard InChI is InChI=1S/C20H16ClN3O5/c1-11-15(21)6-3-7-16(11)24-19(27)14(18(26)23-20(24)28)9-12-4-2-5-13(8-12)29-10-17(22)25/h2-9H,10H2,1H3,(H2,22,25)(H,23,26,28)/b14-9-. The quantitative estimate of drug-likeness (QED) is 0.575. The zero-order chi connectivity index (χ0) is 21.1. The van der Waals surface area contributed by atoms with Crippen molar-refractivity contribution < 1.29 is 23.9 Å². The number of carbonyl (C=O) groups is 4. The fraction of sp³-hybridized carbons (Fsp3) is 0.100. The van der Waals surface area contributed by atoms with Crippen LogP contribution in [0.5, 0.6) is 5.75 Å². The predicted octanol–water partition coefficient (Wildman–Crippen LogP) is 2.18. The zero-order valence-electron chi connectivity index (χ0n) is 15.3. The van der Waals surface area contributed by atoms with E-state index >= 15 is 0 Å². The van der Waals surface area contributed by atoms with E-state index in [0.29, 0.717) is 21.9 Å². The van der Waals surface area contributed by atoms with E-state index in [2.05, 4.69) is 5.32 Å². The molecule has 0 radical (unpaired) electrons. The molecule has 0 aliphatic carbocycles. The number of imide groups is 2. The second-order valence-electron chi connectivity index (χ2n) is 6.17. The lowest BCUT2D eigenvalue weighted by atomic mass is 10.1. The summed E-state index contributed by atoms with van der Waals surface area (Å²) in [6.07, 6.45) is 1.33. The van der Waals surface area contributed by atoms with Gasteiger partial charge in [-0.1, -0.05) is 29.8 Å². The summed E-state index contributed by atoms with van der Waals surface area (Å²) >= 11 is 6.09. The number of hydrogen-bond acceptors (Lipinski definition) is 5. The highest BCUT2D eigenvalue weighted by Crippen LogP contribution is 2.29.